The van der Waals surface area contributed by atoms with Crippen LogP contribution in [0.1, 0.15) is 51.9 Å². The van der Waals surface area contributed by atoms with Crippen LogP contribution < -0.4 is 5.73 Å². The van der Waals surface area contributed by atoms with Crippen molar-refractivity contribution in [3.63, 3.8) is 0 Å². The van der Waals surface area contributed by atoms with E-state index in [0.717, 1.165) is 44.9 Å². The average Bonchev–Trinajstić information content (AvgIpc) is 3.04. The second-order valence-corrected chi connectivity index (χ2v) is 6.38. The van der Waals surface area contributed by atoms with E-state index in [0.29, 0.717) is 6.54 Å². The molecule has 3 N–H and O–H groups in total. The summed E-state index contributed by atoms with van der Waals surface area (Å²) in [7, 11) is 0. The van der Waals surface area contributed by atoms with Crippen molar-refractivity contribution in [3.05, 3.63) is 0 Å². The fourth-order valence-corrected chi connectivity index (χ4v) is 3.58. The van der Waals surface area contributed by atoms with E-state index in [4.69, 9.17) is 5.73 Å². The summed E-state index contributed by atoms with van der Waals surface area (Å²) in [6.07, 6.45) is 6.87. The Kier molecular flexibility index (Phi) is 4.68. The molecule has 5 nitrogen and oxygen atoms in total. The molecular weight excluding hydrogens is 256 g/mol. The van der Waals surface area contributed by atoms with Gasteiger partial charge in [-0.15, -0.1) is 0 Å². The monoisotopic (exact) mass is 282 g/mol. The maximum Gasteiger partial charge on any atom is 0.325 e. The van der Waals surface area contributed by atoms with Crippen molar-refractivity contribution in [2.75, 3.05) is 13.1 Å². The quantitative estimate of drug-likeness (QED) is 0.802. The van der Waals surface area contributed by atoms with Crippen molar-refractivity contribution in [2.24, 2.45) is 17.6 Å². The van der Waals surface area contributed by atoms with Crippen molar-refractivity contribution >= 4 is 11.9 Å². The van der Waals surface area contributed by atoms with Gasteiger partial charge < -0.3 is 15.7 Å². The third kappa shape index (κ3) is 2.82. The number of rotatable bonds is 5. The summed E-state index contributed by atoms with van der Waals surface area (Å²) in [5, 5.41) is 9.44. The first-order valence-corrected chi connectivity index (χ1v) is 7.80. The Morgan fingerprint density at radius 2 is 2.00 bits per heavy atom. The number of hydrogen-bond donors (Lipinski definition) is 2. The fourth-order valence-electron chi connectivity index (χ4n) is 3.58. The summed E-state index contributed by atoms with van der Waals surface area (Å²) in [4.78, 5) is 25.7. The lowest BCUT2D eigenvalue weighted by Crippen LogP contribution is -2.55. The molecule has 1 heterocycles. The van der Waals surface area contributed by atoms with Crippen molar-refractivity contribution in [1.82, 2.24) is 4.90 Å². The molecule has 2 aliphatic rings. The SMILES string of the molecule is CCCC[C@H]1CN(C(=O)C2CCCC2)C[C@@]1(N)C(=O)O. The zero-order chi connectivity index (χ0) is 14.8. The topological polar surface area (TPSA) is 83.6 Å². The first-order chi connectivity index (χ1) is 9.49. The third-order valence-corrected chi connectivity index (χ3v) is 4.94. The average molecular weight is 282 g/mol. The number of amides is 1. The Hall–Kier alpha value is -1.10. The van der Waals surface area contributed by atoms with Crippen LogP contribution >= 0.6 is 0 Å². The number of nitrogens with two attached hydrogens (primary N) is 1. The van der Waals surface area contributed by atoms with Crippen LogP contribution in [0.3, 0.4) is 0 Å². The summed E-state index contributed by atoms with van der Waals surface area (Å²) < 4.78 is 0. The van der Waals surface area contributed by atoms with Crippen LogP contribution in [0.5, 0.6) is 0 Å². The molecule has 5 heteroatoms. The van der Waals surface area contributed by atoms with Gasteiger partial charge in [0.15, 0.2) is 0 Å². The van der Waals surface area contributed by atoms with Crippen LogP contribution in [0.15, 0.2) is 0 Å². The lowest BCUT2D eigenvalue weighted by atomic mass is 9.84. The Morgan fingerprint density at radius 1 is 1.35 bits per heavy atom. The molecule has 2 fully saturated rings. The number of carboxylic acid groups (broad SMARTS) is 1. The van der Waals surface area contributed by atoms with E-state index in [1.54, 1.807) is 4.90 Å². The molecule has 0 bridgehead atoms. The van der Waals surface area contributed by atoms with Crippen molar-refractivity contribution in [2.45, 2.75) is 57.4 Å². The van der Waals surface area contributed by atoms with Gasteiger partial charge in [0.25, 0.3) is 0 Å². The summed E-state index contributed by atoms with van der Waals surface area (Å²) in [6.45, 7) is 2.76. The Bertz CT molecular complexity index is 379. The van der Waals surface area contributed by atoms with Gasteiger partial charge in [0.1, 0.15) is 5.54 Å². The first kappa shape index (κ1) is 15.3. The molecule has 1 aliphatic heterocycles. The van der Waals surface area contributed by atoms with Gasteiger partial charge in [-0.1, -0.05) is 32.6 Å². The minimum atomic E-state index is -1.26. The van der Waals surface area contributed by atoms with Crippen molar-refractivity contribution in [3.8, 4) is 0 Å². The molecule has 0 aromatic rings. The van der Waals surface area contributed by atoms with E-state index in [1.807, 2.05) is 0 Å². The van der Waals surface area contributed by atoms with Gasteiger partial charge in [-0.25, -0.2) is 0 Å². The molecule has 0 unspecified atom stereocenters. The summed E-state index contributed by atoms with van der Waals surface area (Å²) >= 11 is 0. The van der Waals surface area contributed by atoms with Gasteiger partial charge in [0.2, 0.25) is 5.91 Å². The van der Waals surface area contributed by atoms with E-state index in [9.17, 15) is 14.7 Å². The lowest BCUT2D eigenvalue weighted by molar-refractivity contribution is -0.144. The minimum absolute atomic E-state index is 0.0953. The highest BCUT2D eigenvalue weighted by Crippen LogP contribution is 2.34. The number of carbonyl (C=O) groups is 2. The largest absolute Gasteiger partial charge is 0.480 e. The number of nitrogens with zero attached hydrogens (tertiary/aromatic N) is 1. The highest BCUT2D eigenvalue weighted by atomic mass is 16.4. The second kappa shape index (κ2) is 6.12. The highest BCUT2D eigenvalue weighted by Gasteiger charge is 2.51. The summed E-state index contributed by atoms with van der Waals surface area (Å²) in [5.74, 6) is -0.874. The smallest absolute Gasteiger partial charge is 0.325 e. The zero-order valence-corrected chi connectivity index (χ0v) is 12.3. The molecule has 1 aliphatic carbocycles. The van der Waals surface area contributed by atoms with Gasteiger partial charge in [-0.05, 0) is 19.3 Å². The van der Waals surface area contributed by atoms with E-state index < -0.39 is 11.5 Å². The predicted octanol–water partition coefficient (Wildman–Crippen LogP) is 1.61. The van der Waals surface area contributed by atoms with Crippen LogP contribution in [0.25, 0.3) is 0 Å². The molecule has 20 heavy (non-hydrogen) atoms. The van der Waals surface area contributed by atoms with E-state index >= 15 is 0 Å². The molecule has 1 saturated heterocycles. The Balaban J connectivity index is 2.06. The number of aliphatic carboxylic acids is 1. The van der Waals surface area contributed by atoms with Crippen molar-refractivity contribution in [1.29, 1.82) is 0 Å². The molecule has 0 radical (unpaired) electrons. The number of hydrogen-bond acceptors (Lipinski definition) is 3. The minimum Gasteiger partial charge on any atom is -0.480 e. The highest BCUT2D eigenvalue weighted by molar-refractivity contribution is 5.84. The molecule has 1 saturated carbocycles. The summed E-state index contributed by atoms with van der Waals surface area (Å²) in [6, 6.07) is 0. The van der Waals surface area contributed by atoms with Gasteiger partial charge in [-0.3, -0.25) is 9.59 Å². The van der Waals surface area contributed by atoms with E-state index in [1.165, 1.54) is 0 Å². The Morgan fingerprint density at radius 3 is 2.55 bits per heavy atom. The zero-order valence-electron chi connectivity index (χ0n) is 12.3. The maximum absolute atomic E-state index is 12.5. The lowest BCUT2D eigenvalue weighted by Gasteiger charge is -2.25. The Labute approximate surface area is 120 Å². The van der Waals surface area contributed by atoms with Crippen LogP contribution in [-0.2, 0) is 9.59 Å². The second-order valence-electron chi connectivity index (χ2n) is 6.38. The fraction of sp³-hybridized carbons (Fsp3) is 0.867. The van der Waals surface area contributed by atoms with Crippen LogP contribution in [0.4, 0.5) is 0 Å². The normalized spacial score (nSPS) is 30.9. The standard InChI is InChI=1S/C15H26N2O3/c1-2-3-8-12-9-17(10-15(12,16)14(19)20)13(18)11-6-4-5-7-11/h11-12H,2-10,16H2,1H3,(H,19,20)/t12-,15-/m0/s1. The molecule has 2 atom stereocenters. The van der Waals surface area contributed by atoms with Crippen LogP contribution in [0, 0.1) is 11.8 Å². The molecule has 0 aromatic heterocycles. The van der Waals surface area contributed by atoms with Gasteiger partial charge in [-0.2, -0.15) is 0 Å². The number of carbonyl (C=O) groups excluding carboxylic acids is 1. The van der Waals surface area contributed by atoms with Crippen LogP contribution in [0.2, 0.25) is 0 Å². The molecule has 1 amide bonds. The molecule has 0 aromatic carbocycles. The molecule has 2 rings (SSSR count). The van der Waals surface area contributed by atoms with E-state index in [-0.39, 0.29) is 24.3 Å². The van der Waals surface area contributed by atoms with Crippen molar-refractivity contribution < 1.29 is 14.7 Å². The molecule has 114 valence electrons. The molecular formula is C15H26N2O3. The first-order valence-electron chi connectivity index (χ1n) is 7.80. The van der Waals surface area contributed by atoms with Gasteiger partial charge in [0.05, 0.1) is 0 Å². The van der Waals surface area contributed by atoms with Gasteiger partial charge in [0, 0.05) is 24.9 Å². The van der Waals surface area contributed by atoms with Crippen LogP contribution in [-0.4, -0.2) is 40.5 Å². The van der Waals surface area contributed by atoms with Gasteiger partial charge >= 0.3 is 5.97 Å². The third-order valence-electron chi connectivity index (χ3n) is 4.94. The predicted molar refractivity (Wildman–Crippen MR) is 76.1 cm³/mol. The summed E-state index contributed by atoms with van der Waals surface area (Å²) in [5.41, 5.74) is 4.86. The van der Waals surface area contributed by atoms with E-state index in [2.05, 4.69) is 6.92 Å². The number of unbranched alkanes of at least 4 members (excludes halogenated alkanes) is 1. The maximum atomic E-state index is 12.5. The molecule has 0 spiro atoms. The number of carboxylic acids is 1. The number of likely N-dealkylation sites (tertiary alicyclic amines) is 1.